The highest BCUT2D eigenvalue weighted by Gasteiger charge is 2.19. The first-order valence-corrected chi connectivity index (χ1v) is 8.30. The van der Waals surface area contributed by atoms with E-state index in [-0.39, 0.29) is 0 Å². The van der Waals surface area contributed by atoms with E-state index < -0.39 is 0 Å². The second kappa shape index (κ2) is 7.46. The fourth-order valence-electron chi connectivity index (χ4n) is 2.96. The molecule has 2 aromatic rings. The van der Waals surface area contributed by atoms with Crippen molar-refractivity contribution < 1.29 is 0 Å². The Balaban J connectivity index is 1.60. The van der Waals surface area contributed by atoms with Crippen LogP contribution in [0, 0.1) is 6.92 Å². The lowest BCUT2D eigenvalue weighted by atomic mass is 10.2. The molecule has 0 amide bonds. The highest BCUT2D eigenvalue weighted by atomic mass is 15.3. The average molecular weight is 312 g/mol. The van der Waals surface area contributed by atoms with Gasteiger partial charge in [-0.15, -0.1) is 0 Å². The molecule has 0 saturated carbocycles. The van der Waals surface area contributed by atoms with Crippen molar-refractivity contribution in [2.45, 2.75) is 33.2 Å². The maximum atomic E-state index is 4.63. The molecule has 3 rings (SSSR count). The van der Waals surface area contributed by atoms with Crippen molar-refractivity contribution in [3.8, 4) is 0 Å². The molecular formula is C17H24N6. The third kappa shape index (κ3) is 4.22. The van der Waals surface area contributed by atoms with E-state index >= 15 is 0 Å². The minimum Gasteiger partial charge on any atom is -0.354 e. The topological polar surface area (TPSA) is 58.0 Å². The van der Waals surface area contributed by atoms with Crippen LogP contribution in [-0.4, -0.2) is 51.0 Å². The van der Waals surface area contributed by atoms with Gasteiger partial charge in [0.25, 0.3) is 0 Å². The zero-order chi connectivity index (χ0) is 16.1. The SMILES string of the molecule is CCCc1cc(N2CCN(Cc3cncnc3)CC2)nc(C)n1. The van der Waals surface area contributed by atoms with Gasteiger partial charge in [0.1, 0.15) is 18.0 Å². The van der Waals surface area contributed by atoms with Crippen molar-refractivity contribution in [1.82, 2.24) is 24.8 Å². The number of aryl methyl sites for hydroxylation is 2. The van der Waals surface area contributed by atoms with Crippen LogP contribution in [-0.2, 0) is 13.0 Å². The fourth-order valence-corrected chi connectivity index (χ4v) is 2.96. The molecule has 1 aliphatic rings. The minimum absolute atomic E-state index is 0.870. The molecule has 1 fully saturated rings. The van der Waals surface area contributed by atoms with Crippen molar-refractivity contribution in [3.05, 3.63) is 41.9 Å². The fraction of sp³-hybridized carbons (Fsp3) is 0.529. The van der Waals surface area contributed by atoms with Crippen LogP contribution in [0.5, 0.6) is 0 Å². The van der Waals surface area contributed by atoms with Crippen LogP contribution in [0.1, 0.15) is 30.4 Å². The molecule has 6 nitrogen and oxygen atoms in total. The van der Waals surface area contributed by atoms with Crippen LogP contribution in [0.4, 0.5) is 5.82 Å². The third-order valence-corrected chi connectivity index (χ3v) is 4.10. The smallest absolute Gasteiger partial charge is 0.132 e. The Labute approximate surface area is 137 Å². The first-order valence-electron chi connectivity index (χ1n) is 8.30. The molecule has 0 aliphatic carbocycles. The van der Waals surface area contributed by atoms with Gasteiger partial charge < -0.3 is 4.90 Å². The molecule has 122 valence electrons. The van der Waals surface area contributed by atoms with Gasteiger partial charge in [0.2, 0.25) is 0 Å². The molecule has 3 heterocycles. The van der Waals surface area contributed by atoms with Crippen molar-refractivity contribution in [2.24, 2.45) is 0 Å². The van der Waals surface area contributed by atoms with Crippen molar-refractivity contribution in [1.29, 1.82) is 0 Å². The number of hydrogen-bond donors (Lipinski definition) is 0. The Morgan fingerprint density at radius 2 is 1.78 bits per heavy atom. The van der Waals surface area contributed by atoms with E-state index in [1.54, 1.807) is 6.33 Å². The molecule has 0 spiro atoms. The van der Waals surface area contributed by atoms with Crippen LogP contribution in [0.15, 0.2) is 24.8 Å². The van der Waals surface area contributed by atoms with Gasteiger partial charge >= 0.3 is 0 Å². The largest absolute Gasteiger partial charge is 0.354 e. The van der Waals surface area contributed by atoms with E-state index in [9.17, 15) is 0 Å². The molecule has 0 bridgehead atoms. The normalized spacial score (nSPS) is 15.8. The lowest BCUT2D eigenvalue weighted by Crippen LogP contribution is -2.46. The van der Waals surface area contributed by atoms with E-state index in [1.165, 1.54) is 5.56 Å². The summed E-state index contributed by atoms with van der Waals surface area (Å²) < 4.78 is 0. The lowest BCUT2D eigenvalue weighted by Gasteiger charge is -2.35. The van der Waals surface area contributed by atoms with E-state index in [0.717, 1.165) is 62.9 Å². The van der Waals surface area contributed by atoms with Gasteiger partial charge in [0.05, 0.1) is 0 Å². The Morgan fingerprint density at radius 1 is 1.04 bits per heavy atom. The highest BCUT2D eigenvalue weighted by Crippen LogP contribution is 2.17. The predicted molar refractivity (Wildman–Crippen MR) is 90.3 cm³/mol. The molecule has 23 heavy (non-hydrogen) atoms. The molecule has 0 unspecified atom stereocenters. The van der Waals surface area contributed by atoms with Gasteiger partial charge in [0, 0.05) is 62.4 Å². The molecule has 0 N–H and O–H groups in total. The summed E-state index contributed by atoms with van der Waals surface area (Å²) in [6.45, 7) is 9.13. The van der Waals surface area contributed by atoms with Gasteiger partial charge in [-0.1, -0.05) is 13.3 Å². The van der Waals surface area contributed by atoms with Gasteiger partial charge in [-0.3, -0.25) is 4.90 Å². The van der Waals surface area contributed by atoms with Crippen molar-refractivity contribution in [2.75, 3.05) is 31.1 Å². The zero-order valence-electron chi connectivity index (χ0n) is 13.9. The number of piperazine rings is 1. The van der Waals surface area contributed by atoms with Crippen LogP contribution in [0.25, 0.3) is 0 Å². The van der Waals surface area contributed by atoms with E-state index in [2.05, 4.69) is 42.7 Å². The highest BCUT2D eigenvalue weighted by molar-refractivity contribution is 5.40. The molecule has 0 radical (unpaired) electrons. The summed E-state index contributed by atoms with van der Waals surface area (Å²) in [5, 5.41) is 0. The van der Waals surface area contributed by atoms with Crippen LogP contribution in [0.2, 0.25) is 0 Å². The zero-order valence-corrected chi connectivity index (χ0v) is 13.9. The Morgan fingerprint density at radius 3 is 2.48 bits per heavy atom. The Kier molecular flexibility index (Phi) is 5.12. The maximum Gasteiger partial charge on any atom is 0.132 e. The summed E-state index contributed by atoms with van der Waals surface area (Å²) in [6.07, 6.45) is 7.49. The first kappa shape index (κ1) is 15.8. The van der Waals surface area contributed by atoms with Crippen LogP contribution >= 0.6 is 0 Å². The lowest BCUT2D eigenvalue weighted by molar-refractivity contribution is 0.248. The van der Waals surface area contributed by atoms with E-state index in [1.807, 2.05) is 19.3 Å². The molecule has 1 aliphatic heterocycles. The third-order valence-electron chi connectivity index (χ3n) is 4.10. The molecule has 6 heteroatoms. The van der Waals surface area contributed by atoms with Gasteiger partial charge in [-0.05, 0) is 13.3 Å². The summed E-state index contributed by atoms with van der Waals surface area (Å²) in [5.74, 6) is 1.94. The van der Waals surface area contributed by atoms with Crippen molar-refractivity contribution >= 4 is 5.82 Å². The van der Waals surface area contributed by atoms with Gasteiger partial charge in [-0.25, -0.2) is 19.9 Å². The van der Waals surface area contributed by atoms with Crippen molar-refractivity contribution in [3.63, 3.8) is 0 Å². The molecule has 0 atom stereocenters. The summed E-state index contributed by atoms with van der Waals surface area (Å²) >= 11 is 0. The van der Waals surface area contributed by atoms with Gasteiger partial charge in [-0.2, -0.15) is 0 Å². The van der Waals surface area contributed by atoms with Crippen LogP contribution < -0.4 is 4.90 Å². The van der Waals surface area contributed by atoms with Gasteiger partial charge in [0.15, 0.2) is 0 Å². The monoisotopic (exact) mass is 312 g/mol. The second-order valence-corrected chi connectivity index (χ2v) is 6.02. The maximum absolute atomic E-state index is 4.63. The summed E-state index contributed by atoms with van der Waals surface area (Å²) in [6, 6.07) is 2.15. The number of nitrogens with zero attached hydrogens (tertiary/aromatic N) is 6. The molecule has 0 aromatic carbocycles. The number of hydrogen-bond acceptors (Lipinski definition) is 6. The second-order valence-electron chi connectivity index (χ2n) is 6.02. The quantitative estimate of drug-likeness (QED) is 0.840. The Hall–Kier alpha value is -2.08. The first-order chi connectivity index (χ1) is 11.2. The molecular weight excluding hydrogens is 288 g/mol. The standard InChI is InChI=1S/C17H24N6/c1-3-4-16-9-17(21-14(2)20-16)23-7-5-22(6-8-23)12-15-10-18-13-19-11-15/h9-11,13H,3-8,12H2,1-2H3. The van der Waals surface area contributed by atoms with E-state index in [4.69, 9.17) is 0 Å². The summed E-state index contributed by atoms with van der Waals surface area (Å²) in [4.78, 5) is 22.1. The molecule has 1 saturated heterocycles. The van der Waals surface area contributed by atoms with Crippen LogP contribution in [0.3, 0.4) is 0 Å². The molecule has 2 aromatic heterocycles. The summed E-state index contributed by atoms with van der Waals surface area (Å²) in [7, 11) is 0. The Bertz CT molecular complexity index is 622. The predicted octanol–water partition coefficient (Wildman–Crippen LogP) is 1.85. The number of aromatic nitrogens is 4. The average Bonchev–Trinajstić information content (AvgIpc) is 2.56. The number of rotatable bonds is 5. The van der Waals surface area contributed by atoms with E-state index in [0.29, 0.717) is 0 Å². The summed E-state index contributed by atoms with van der Waals surface area (Å²) in [5.41, 5.74) is 2.32. The minimum atomic E-state index is 0.870. The number of anilines is 1.